The summed E-state index contributed by atoms with van der Waals surface area (Å²) in [6, 6.07) is 13.4. The van der Waals surface area contributed by atoms with Crippen LogP contribution in [-0.2, 0) is 12.7 Å². The number of thiophene rings is 1. The Morgan fingerprint density at radius 3 is 2.50 bits per heavy atom. The first-order valence-electron chi connectivity index (χ1n) is 14.3. The number of nitrogens with zero attached hydrogens (tertiary/aromatic N) is 5. The van der Waals surface area contributed by atoms with E-state index >= 15 is 0 Å². The van der Waals surface area contributed by atoms with Gasteiger partial charge in [0.1, 0.15) is 29.8 Å². The molecule has 0 fully saturated rings. The number of rotatable bonds is 7. The Hall–Kier alpha value is -5.32. The largest absolute Gasteiger partial charge is 0.491 e. The molecule has 0 spiro atoms. The number of aromatic nitrogens is 4. The van der Waals surface area contributed by atoms with Crippen molar-refractivity contribution in [3.05, 3.63) is 103 Å². The van der Waals surface area contributed by atoms with Crippen molar-refractivity contribution in [3.8, 4) is 34.2 Å². The number of benzene rings is 2. The molecule has 0 aliphatic heterocycles. The van der Waals surface area contributed by atoms with Crippen molar-refractivity contribution in [2.24, 2.45) is 0 Å². The zero-order valence-electron chi connectivity index (χ0n) is 25.4. The summed E-state index contributed by atoms with van der Waals surface area (Å²) in [5.41, 5.74) is 0.0715. The van der Waals surface area contributed by atoms with Gasteiger partial charge in [-0.05, 0) is 51.1 Å². The minimum Gasteiger partial charge on any atom is -0.491 e. The summed E-state index contributed by atoms with van der Waals surface area (Å²) in [6.07, 6.45) is -4.72. The summed E-state index contributed by atoms with van der Waals surface area (Å²) in [5, 5.41) is 21.6. The number of aryl methyl sites for hydroxylation is 3. The van der Waals surface area contributed by atoms with Gasteiger partial charge >= 0.3 is 12.1 Å². The molecule has 48 heavy (non-hydrogen) atoms. The van der Waals surface area contributed by atoms with Crippen LogP contribution in [0.3, 0.4) is 0 Å². The lowest BCUT2D eigenvalue weighted by molar-refractivity contribution is -0.137. The molecule has 14 heteroatoms. The van der Waals surface area contributed by atoms with Gasteiger partial charge in [-0.1, -0.05) is 29.8 Å². The Labute approximate surface area is 279 Å². The second kappa shape index (κ2) is 12.4. The highest BCUT2D eigenvalue weighted by molar-refractivity contribution is 7.18. The van der Waals surface area contributed by atoms with Gasteiger partial charge in [0.15, 0.2) is 0 Å². The summed E-state index contributed by atoms with van der Waals surface area (Å²) < 4.78 is 49.8. The average Bonchev–Trinajstić information content (AvgIpc) is 3.47. The average molecular weight is 690 g/mol. The summed E-state index contributed by atoms with van der Waals surface area (Å²) in [4.78, 5) is 39.0. The highest BCUT2D eigenvalue weighted by Gasteiger charge is 2.35. The number of ether oxygens (including phenoxy) is 1. The molecular weight excluding hydrogens is 667 g/mol. The quantitative estimate of drug-likeness (QED) is 0.179. The number of pyridine rings is 2. The monoisotopic (exact) mass is 689 g/mol. The number of alkyl halides is 3. The van der Waals surface area contributed by atoms with Gasteiger partial charge in [0.2, 0.25) is 0 Å². The molecule has 0 unspecified atom stereocenters. The zero-order chi connectivity index (χ0) is 34.5. The van der Waals surface area contributed by atoms with Gasteiger partial charge in [0.25, 0.3) is 5.56 Å². The van der Waals surface area contributed by atoms with E-state index < -0.39 is 23.3 Å². The molecule has 0 radical (unpaired) electrons. The number of hydrogen-bond donors (Lipinski definition) is 1. The summed E-state index contributed by atoms with van der Waals surface area (Å²) >= 11 is 7.59. The van der Waals surface area contributed by atoms with E-state index in [1.165, 1.54) is 46.4 Å². The lowest BCUT2D eigenvalue weighted by Crippen LogP contribution is -2.28. The van der Waals surface area contributed by atoms with Crippen LogP contribution in [-0.4, -0.2) is 37.2 Å². The number of fused-ring (bicyclic) bond motifs is 2. The van der Waals surface area contributed by atoms with Crippen molar-refractivity contribution < 1.29 is 27.8 Å². The lowest BCUT2D eigenvalue weighted by atomic mass is 9.97. The first-order valence-corrected chi connectivity index (χ1v) is 15.6. The number of carboxylic acid groups (broad SMARTS) is 1. The van der Waals surface area contributed by atoms with Crippen molar-refractivity contribution in [1.82, 2.24) is 19.5 Å². The highest BCUT2D eigenvalue weighted by atomic mass is 35.5. The van der Waals surface area contributed by atoms with E-state index in [1.54, 1.807) is 38.1 Å². The molecule has 0 bridgehead atoms. The molecule has 9 nitrogen and oxygen atoms in total. The first-order chi connectivity index (χ1) is 22.8. The van der Waals surface area contributed by atoms with E-state index in [2.05, 4.69) is 15.0 Å². The van der Waals surface area contributed by atoms with Crippen LogP contribution in [0.2, 0.25) is 5.02 Å². The molecule has 0 aliphatic rings. The van der Waals surface area contributed by atoms with Crippen molar-refractivity contribution in [2.45, 2.75) is 33.5 Å². The first kappa shape index (κ1) is 32.6. The molecule has 242 valence electrons. The molecule has 4 heterocycles. The van der Waals surface area contributed by atoms with E-state index in [4.69, 9.17) is 16.3 Å². The topological polar surface area (TPSA) is 131 Å². The lowest BCUT2D eigenvalue weighted by Gasteiger charge is -2.17. The molecule has 2 aromatic carbocycles. The van der Waals surface area contributed by atoms with Crippen LogP contribution in [0.4, 0.5) is 13.2 Å². The number of aromatic carboxylic acids is 1. The number of hydrogen-bond acceptors (Lipinski definition) is 8. The maximum atomic E-state index is 14.0. The molecule has 6 aromatic rings. The smallest absolute Gasteiger partial charge is 0.417 e. The van der Waals surface area contributed by atoms with Crippen molar-refractivity contribution in [1.29, 1.82) is 5.26 Å². The summed E-state index contributed by atoms with van der Waals surface area (Å²) in [7, 11) is 0. The maximum absolute atomic E-state index is 14.0. The number of halogens is 4. The van der Waals surface area contributed by atoms with Crippen molar-refractivity contribution in [2.75, 3.05) is 6.61 Å². The third-order valence-corrected chi connectivity index (χ3v) is 8.99. The van der Waals surface area contributed by atoms with Crippen LogP contribution in [0.1, 0.15) is 38.7 Å². The second-order valence-electron chi connectivity index (χ2n) is 10.8. The third-order valence-electron chi connectivity index (χ3n) is 7.75. The fourth-order valence-corrected chi connectivity index (χ4v) is 6.80. The van der Waals surface area contributed by atoms with Gasteiger partial charge < -0.3 is 9.84 Å². The predicted octanol–water partition coefficient (Wildman–Crippen LogP) is 7.98. The van der Waals surface area contributed by atoms with Crippen LogP contribution in [0.5, 0.6) is 5.75 Å². The Balaban J connectivity index is 1.40. The number of carbonyl (C=O) groups is 1. The molecule has 0 saturated heterocycles. The Kier molecular flexibility index (Phi) is 8.40. The second-order valence-corrected chi connectivity index (χ2v) is 12.2. The molecule has 0 aliphatic carbocycles. The van der Waals surface area contributed by atoms with E-state index in [9.17, 15) is 33.1 Å². The molecule has 0 saturated carbocycles. The van der Waals surface area contributed by atoms with Gasteiger partial charge in [0, 0.05) is 32.8 Å². The number of nitriles is 1. The Morgan fingerprint density at radius 1 is 1.04 bits per heavy atom. The summed E-state index contributed by atoms with van der Waals surface area (Å²) in [6.45, 7) is 4.80. The van der Waals surface area contributed by atoms with Crippen LogP contribution >= 0.6 is 22.9 Å². The predicted molar refractivity (Wildman–Crippen MR) is 176 cm³/mol. The van der Waals surface area contributed by atoms with E-state index in [-0.39, 0.29) is 58.0 Å². The highest BCUT2D eigenvalue weighted by Crippen LogP contribution is 2.41. The van der Waals surface area contributed by atoms with Gasteiger partial charge in [0.05, 0.1) is 50.2 Å². The normalized spacial score (nSPS) is 11.6. The van der Waals surface area contributed by atoms with Gasteiger partial charge in [-0.25, -0.2) is 14.8 Å². The third kappa shape index (κ3) is 5.74. The maximum Gasteiger partial charge on any atom is 0.417 e. The van der Waals surface area contributed by atoms with Gasteiger partial charge in [-0.3, -0.25) is 14.3 Å². The van der Waals surface area contributed by atoms with Crippen LogP contribution in [0.25, 0.3) is 43.5 Å². The van der Waals surface area contributed by atoms with Gasteiger partial charge in [-0.2, -0.15) is 18.4 Å². The van der Waals surface area contributed by atoms with Crippen LogP contribution in [0.15, 0.2) is 58.7 Å². The van der Waals surface area contributed by atoms with E-state index in [0.29, 0.717) is 37.8 Å². The minimum absolute atomic E-state index is 0.0245. The zero-order valence-corrected chi connectivity index (χ0v) is 27.0. The Morgan fingerprint density at radius 2 is 1.79 bits per heavy atom. The van der Waals surface area contributed by atoms with Crippen molar-refractivity contribution in [3.63, 3.8) is 0 Å². The fraction of sp³-hybridized carbons (Fsp3) is 0.176. The van der Waals surface area contributed by atoms with Crippen molar-refractivity contribution >= 4 is 50.0 Å². The Bertz CT molecular complexity index is 2400. The SMILES string of the molecule is Cc1cc(-c2cc(Cl)ccc2OCCn2c(C)nc3c(C)nc(-c4ccccc4C(F)(F)F)c(C#N)c3c2=O)c2scc(C(=O)O)c2n1. The number of carboxylic acids is 1. The minimum atomic E-state index is -4.72. The van der Waals surface area contributed by atoms with E-state index in [1.807, 2.05) is 6.07 Å². The molecular formula is C34H23ClF3N5O4S. The molecule has 1 N–H and O–H groups in total. The molecule has 0 amide bonds. The van der Waals surface area contributed by atoms with Crippen LogP contribution in [0, 0.1) is 32.1 Å². The molecule has 4 aromatic heterocycles. The molecule has 6 rings (SSSR count). The van der Waals surface area contributed by atoms with Gasteiger partial charge in [-0.15, -0.1) is 11.3 Å². The fourth-order valence-electron chi connectivity index (χ4n) is 5.62. The molecule has 0 atom stereocenters. The van der Waals surface area contributed by atoms with Crippen LogP contribution < -0.4 is 10.3 Å². The van der Waals surface area contributed by atoms with E-state index in [0.717, 1.165) is 6.07 Å². The standard InChI is InChI=1S/C34H23ClF3N5O4S/c1-16-12-22(31-30(40-16)24(15-48-31)33(45)46)21-13-19(35)8-9-26(21)47-11-10-43-18(3)42-28-17(2)41-29(23(14-39)27(28)32(43)44)20-6-4-5-7-25(20)34(36,37)38/h4-9,12-13,15H,10-11H2,1-3H3,(H,45,46). The summed E-state index contributed by atoms with van der Waals surface area (Å²) in [5.74, 6) is -0.407.